The molecule has 2 rings (SSSR count). The monoisotopic (exact) mass is 208 g/mol. The minimum absolute atomic E-state index is 0.254. The predicted molar refractivity (Wildman–Crippen MR) is 51.8 cm³/mol. The number of aromatic nitrogens is 3. The Balaban J connectivity index is 2.28. The number of rotatable bonds is 2. The molecule has 0 aliphatic carbocycles. The third-order valence-corrected chi connectivity index (χ3v) is 2.52. The fourth-order valence-corrected chi connectivity index (χ4v) is 1.62. The Morgan fingerprint density at radius 1 is 1.43 bits per heavy atom. The van der Waals surface area contributed by atoms with Crippen LogP contribution in [0.3, 0.4) is 0 Å². The number of oxazole rings is 1. The Labute approximate surface area is 84.8 Å². The van der Waals surface area contributed by atoms with Crippen LogP contribution in [-0.4, -0.2) is 15.0 Å². The molecule has 0 aliphatic rings. The highest BCUT2D eigenvalue weighted by molar-refractivity contribution is 7.99. The van der Waals surface area contributed by atoms with Crippen LogP contribution < -0.4 is 5.73 Å². The molecule has 2 aromatic heterocycles. The third kappa shape index (κ3) is 1.85. The Kier molecular flexibility index (Phi) is 2.36. The van der Waals surface area contributed by atoms with Crippen LogP contribution in [0.5, 0.6) is 0 Å². The van der Waals surface area contributed by atoms with E-state index in [0.29, 0.717) is 5.22 Å². The van der Waals surface area contributed by atoms with Gasteiger partial charge in [0.2, 0.25) is 5.95 Å². The summed E-state index contributed by atoms with van der Waals surface area (Å²) in [6, 6.07) is 0. The first-order valence-corrected chi connectivity index (χ1v) is 4.74. The van der Waals surface area contributed by atoms with Crippen LogP contribution >= 0.6 is 11.8 Å². The minimum Gasteiger partial charge on any atom is -0.440 e. The molecule has 2 heterocycles. The van der Waals surface area contributed by atoms with Crippen molar-refractivity contribution < 1.29 is 4.42 Å². The second-order valence-electron chi connectivity index (χ2n) is 2.62. The summed E-state index contributed by atoms with van der Waals surface area (Å²) in [7, 11) is 0. The Bertz CT molecular complexity index is 429. The van der Waals surface area contributed by atoms with Gasteiger partial charge in [0.25, 0.3) is 5.22 Å². The molecule has 0 fully saturated rings. The molecule has 0 aromatic carbocycles. The van der Waals surface area contributed by atoms with E-state index in [9.17, 15) is 0 Å². The summed E-state index contributed by atoms with van der Waals surface area (Å²) in [5.74, 6) is 0.254. The van der Waals surface area contributed by atoms with E-state index in [-0.39, 0.29) is 5.95 Å². The van der Waals surface area contributed by atoms with E-state index >= 15 is 0 Å². The second-order valence-corrected chi connectivity index (χ2v) is 3.56. The average molecular weight is 208 g/mol. The molecule has 2 N–H and O–H groups in total. The summed E-state index contributed by atoms with van der Waals surface area (Å²) in [5, 5.41) is 1.31. The maximum atomic E-state index is 5.47. The normalized spacial score (nSPS) is 10.4. The van der Waals surface area contributed by atoms with E-state index in [1.54, 1.807) is 12.4 Å². The Morgan fingerprint density at radius 3 is 3.00 bits per heavy atom. The summed E-state index contributed by atoms with van der Waals surface area (Å²) in [6.45, 7) is 1.91. The molecule has 0 radical (unpaired) electrons. The maximum Gasteiger partial charge on any atom is 0.261 e. The molecule has 5 nitrogen and oxygen atoms in total. The van der Waals surface area contributed by atoms with E-state index in [0.717, 1.165) is 10.6 Å². The van der Waals surface area contributed by atoms with Crippen molar-refractivity contribution in [3.63, 3.8) is 0 Å². The zero-order chi connectivity index (χ0) is 9.97. The van der Waals surface area contributed by atoms with Gasteiger partial charge in [0.15, 0.2) is 0 Å². The summed E-state index contributed by atoms with van der Waals surface area (Å²) >= 11 is 1.33. The van der Waals surface area contributed by atoms with E-state index in [2.05, 4.69) is 15.0 Å². The molecule has 72 valence electrons. The molecule has 0 aliphatic heterocycles. The molecule has 0 amide bonds. The van der Waals surface area contributed by atoms with Crippen molar-refractivity contribution in [2.75, 3.05) is 5.73 Å². The fourth-order valence-electron chi connectivity index (χ4n) is 0.886. The van der Waals surface area contributed by atoms with Crippen LogP contribution in [0, 0.1) is 6.92 Å². The summed E-state index contributed by atoms with van der Waals surface area (Å²) in [5.41, 5.74) is 6.42. The lowest BCUT2D eigenvalue weighted by Gasteiger charge is -2.00. The van der Waals surface area contributed by atoms with Crippen molar-refractivity contribution >= 4 is 17.7 Å². The molecular formula is C8H8N4OS. The predicted octanol–water partition coefficient (Wildman–Crippen LogP) is 1.51. The lowest BCUT2D eigenvalue weighted by Crippen LogP contribution is -1.97. The van der Waals surface area contributed by atoms with E-state index in [1.165, 1.54) is 18.0 Å². The van der Waals surface area contributed by atoms with Gasteiger partial charge in [-0.25, -0.2) is 15.0 Å². The maximum absolute atomic E-state index is 5.47. The molecule has 0 spiro atoms. The van der Waals surface area contributed by atoms with Gasteiger partial charge in [-0.2, -0.15) is 0 Å². The van der Waals surface area contributed by atoms with Gasteiger partial charge < -0.3 is 10.2 Å². The number of nitrogens with two attached hydrogens (primary N) is 1. The van der Waals surface area contributed by atoms with Crippen molar-refractivity contribution in [2.24, 2.45) is 0 Å². The van der Waals surface area contributed by atoms with Crippen LogP contribution in [0.2, 0.25) is 0 Å². The molecule has 6 heteroatoms. The molecule has 0 saturated carbocycles. The first kappa shape index (κ1) is 9.01. The van der Waals surface area contributed by atoms with Gasteiger partial charge in [-0.05, 0) is 18.7 Å². The number of anilines is 1. The molecule has 2 aromatic rings. The van der Waals surface area contributed by atoms with E-state index in [1.807, 2.05) is 6.92 Å². The van der Waals surface area contributed by atoms with Crippen molar-refractivity contribution in [1.29, 1.82) is 0 Å². The largest absolute Gasteiger partial charge is 0.440 e. The number of aryl methyl sites for hydroxylation is 1. The van der Waals surface area contributed by atoms with Crippen LogP contribution in [0.15, 0.2) is 33.3 Å². The number of nitrogens with zero attached hydrogens (tertiary/aromatic N) is 3. The van der Waals surface area contributed by atoms with Gasteiger partial charge in [-0.15, -0.1) is 0 Å². The van der Waals surface area contributed by atoms with Gasteiger partial charge >= 0.3 is 0 Å². The highest BCUT2D eigenvalue weighted by Crippen LogP contribution is 2.26. The number of hydrogen-bond acceptors (Lipinski definition) is 6. The van der Waals surface area contributed by atoms with Gasteiger partial charge in [-0.1, -0.05) is 0 Å². The Morgan fingerprint density at radius 2 is 2.29 bits per heavy atom. The summed E-state index contributed by atoms with van der Waals surface area (Å²) in [4.78, 5) is 11.9. The number of nitrogen functional groups attached to an aromatic ring is 1. The van der Waals surface area contributed by atoms with E-state index in [4.69, 9.17) is 10.2 Å². The quantitative estimate of drug-likeness (QED) is 0.753. The van der Waals surface area contributed by atoms with Crippen LogP contribution in [0.25, 0.3) is 0 Å². The van der Waals surface area contributed by atoms with Crippen molar-refractivity contribution in [3.8, 4) is 0 Å². The second kappa shape index (κ2) is 3.67. The smallest absolute Gasteiger partial charge is 0.261 e. The highest BCUT2D eigenvalue weighted by Gasteiger charge is 2.07. The van der Waals surface area contributed by atoms with Gasteiger partial charge in [0.05, 0.1) is 6.20 Å². The Hall–Kier alpha value is -1.56. The van der Waals surface area contributed by atoms with Gasteiger partial charge in [-0.3, -0.25) is 0 Å². The average Bonchev–Trinajstić information content (AvgIpc) is 2.64. The highest BCUT2D eigenvalue weighted by atomic mass is 32.2. The molecular weight excluding hydrogens is 200 g/mol. The lowest BCUT2D eigenvalue weighted by atomic mass is 10.4. The van der Waals surface area contributed by atoms with Gasteiger partial charge in [0.1, 0.15) is 11.3 Å². The van der Waals surface area contributed by atoms with Crippen molar-refractivity contribution in [1.82, 2.24) is 15.0 Å². The summed E-state index contributed by atoms with van der Waals surface area (Å²) < 4.78 is 5.08. The van der Waals surface area contributed by atoms with Crippen LogP contribution in [0.1, 0.15) is 5.56 Å². The van der Waals surface area contributed by atoms with E-state index < -0.39 is 0 Å². The summed E-state index contributed by atoms with van der Waals surface area (Å²) in [6.07, 6.45) is 4.78. The molecule has 0 bridgehead atoms. The molecule has 0 saturated heterocycles. The minimum atomic E-state index is 0.254. The zero-order valence-corrected chi connectivity index (χ0v) is 8.28. The standard InChI is InChI=1S/C8H8N4OS/c1-5-4-11-7(9)12-6(5)14-8-10-2-3-13-8/h2-4H,1H3,(H2,9,11,12). The number of hydrogen-bond donors (Lipinski definition) is 1. The van der Waals surface area contributed by atoms with Crippen molar-refractivity contribution in [3.05, 3.63) is 24.2 Å². The topological polar surface area (TPSA) is 77.8 Å². The van der Waals surface area contributed by atoms with Crippen LogP contribution in [-0.2, 0) is 0 Å². The molecule has 0 unspecified atom stereocenters. The SMILES string of the molecule is Cc1cnc(N)nc1Sc1ncco1. The fraction of sp³-hybridized carbons (Fsp3) is 0.125. The third-order valence-electron chi connectivity index (χ3n) is 1.54. The molecule has 0 atom stereocenters. The lowest BCUT2D eigenvalue weighted by molar-refractivity contribution is 0.454. The molecule has 14 heavy (non-hydrogen) atoms. The van der Waals surface area contributed by atoms with Crippen molar-refractivity contribution in [2.45, 2.75) is 17.2 Å². The first-order valence-electron chi connectivity index (χ1n) is 3.92. The van der Waals surface area contributed by atoms with Crippen LogP contribution in [0.4, 0.5) is 5.95 Å². The van der Waals surface area contributed by atoms with Gasteiger partial charge in [0, 0.05) is 11.8 Å². The first-order chi connectivity index (χ1) is 6.75. The zero-order valence-electron chi connectivity index (χ0n) is 7.47.